The second-order valence-electron chi connectivity index (χ2n) is 0.316. The Morgan fingerprint density at radius 2 is 0.800 bits per heavy atom. The first kappa shape index (κ1) is 22.5. The standard InChI is InChI=1S/3CH2O2.Sr.2H/c3*2-1-3;;;/h3*1H,(H,2,3);;;/q;;;+2;2*-1. The molecule has 0 aliphatic rings. The Hall–Kier alpha value is -0.109. The summed E-state index contributed by atoms with van der Waals surface area (Å²) in [5.74, 6) is 0. The molecule has 0 fully saturated rings. The maximum absolute atomic E-state index is 8.36. The van der Waals surface area contributed by atoms with Gasteiger partial charge < -0.3 is 18.2 Å². The number of carbonyl (C=O) groups is 3. The Bertz CT molecular complexity index is 57.5. The fourth-order valence-corrected chi connectivity index (χ4v) is 0. The van der Waals surface area contributed by atoms with Gasteiger partial charge in [-0.05, 0) is 0 Å². The summed E-state index contributed by atoms with van der Waals surface area (Å²) < 4.78 is 0. The van der Waals surface area contributed by atoms with Gasteiger partial charge in [0, 0.05) is 0 Å². The minimum atomic E-state index is -0.250. The molecule has 0 bridgehead atoms. The molecule has 3 N–H and O–H groups in total. The van der Waals surface area contributed by atoms with Gasteiger partial charge in [0.25, 0.3) is 19.4 Å². The molecule has 0 aromatic carbocycles. The van der Waals surface area contributed by atoms with Gasteiger partial charge in [0.15, 0.2) is 0 Å². The summed E-state index contributed by atoms with van der Waals surface area (Å²) in [5.41, 5.74) is 0. The van der Waals surface area contributed by atoms with E-state index in [9.17, 15) is 0 Å². The Morgan fingerprint density at radius 1 is 0.800 bits per heavy atom. The van der Waals surface area contributed by atoms with Crippen LogP contribution in [0, 0.1) is 0 Å². The molecule has 0 rings (SSSR count). The van der Waals surface area contributed by atoms with E-state index in [-0.39, 0.29) is 67.8 Å². The van der Waals surface area contributed by atoms with Crippen molar-refractivity contribution in [3.8, 4) is 0 Å². The minimum Gasteiger partial charge on any atom is -1.00 e. The van der Waals surface area contributed by atoms with Gasteiger partial charge in [-0.1, -0.05) is 0 Å². The number of rotatable bonds is 0. The van der Waals surface area contributed by atoms with Gasteiger partial charge in [0.05, 0.1) is 0 Å². The van der Waals surface area contributed by atoms with Crippen LogP contribution in [0.15, 0.2) is 0 Å². The van der Waals surface area contributed by atoms with E-state index in [1.807, 2.05) is 0 Å². The van der Waals surface area contributed by atoms with Gasteiger partial charge >= 0.3 is 45.5 Å². The largest absolute Gasteiger partial charge is 2.00 e. The van der Waals surface area contributed by atoms with E-state index in [4.69, 9.17) is 29.7 Å². The summed E-state index contributed by atoms with van der Waals surface area (Å²) in [6, 6.07) is 0. The molecule has 0 saturated heterocycles. The van der Waals surface area contributed by atoms with Gasteiger partial charge in [-0.2, -0.15) is 0 Å². The quantitative estimate of drug-likeness (QED) is 0.360. The van der Waals surface area contributed by atoms with Crippen LogP contribution in [0.3, 0.4) is 0 Å². The maximum atomic E-state index is 8.36. The van der Waals surface area contributed by atoms with E-state index in [0.29, 0.717) is 0 Å². The molecule has 0 aliphatic carbocycles. The average molecular weight is 228 g/mol. The van der Waals surface area contributed by atoms with E-state index in [0.717, 1.165) is 0 Å². The summed E-state index contributed by atoms with van der Waals surface area (Å²) in [5, 5.41) is 20.7. The third-order valence-corrected chi connectivity index (χ3v) is 0. The van der Waals surface area contributed by atoms with Crippen molar-refractivity contribution in [1.82, 2.24) is 0 Å². The van der Waals surface area contributed by atoms with Crippen molar-refractivity contribution in [1.29, 1.82) is 0 Å². The van der Waals surface area contributed by atoms with Crippen molar-refractivity contribution in [2.45, 2.75) is 0 Å². The topological polar surface area (TPSA) is 112 Å². The first-order valence-electron chi connectivity index (χ1n) is 1.48. The predicted octanol–water partition coefficient (Wildman–Crippen LogP) is -1.05. The third kappa shape index (κ3) is 31300. The zero-order valence-corrected chi connectivity index (χ0v) is 8.48. The summed E-state index contributed by atoms with van der Waals surface area (Å²) in [4.78, 5) is 25.1. The number of hydrogen-bond acceptors (Lipinski definition) is 3. The molecule has 0 aliphatic heterocycles. The zero-order chi connectivity index (χ0) is 8.12. The summed E-state index contributed by atoms with van der Waals surface area (Å²) in [6.07, 6.45) is 0. The predicted molar refractivity (Wildman–Crippen MR) is 34.1 cm³/mol. The molecule has 58 valence electrons. The number of hydrogen-bond donors (Lipinski definition) is 3. The summed E-state index contributed by atoms with van der Waals surface area (Å²) >= 11 is 0. The van der Waals surface area contributed by atoms with Gasteiger partial charge in [-0.3, -0.25) is 14.4 Å². The molecule has 0 aromatic rings. The monoisotopic (exact) mass is 228 g/mol. The van der Waals surface area contributed by atoms with Crippen molar-refractivity contribution in [2.24, 2.45) is 0 Å². The van der Waals surface area contributed by atoms with Crippen molar-refractivity contribution in [3.05, 3.63) is 0 Å². The van der Waals surface area contributed by atoms with Crippen LogP contribution in [-0.2, 0) is 14.4 Å². The van der Waals surface area contributed by atoms with E-state index in [1.165, 1.54) is 0 Å². The normalized spacial score (nSPS) is 3.60. The Morgan fingerprint density at radius 3 is 0.800 bits per heavy atom. The van der Waals surface area contributed by atoms with Crippen LogP contribution in [0.25, 0.3) is 0 Å². The first-order chi connectivity index (χ1) is 4.24. The Kier molecular flexibility index (Phi) is 149. The van der Waals surface area contributed by atoms with Crippen molar-refractivity contribution < 1.29 is 32.6 Å². The van der Waals surface area contributed by atoms with Gasteiger partial charge in [-0.15, -0.1) is 0 Å². The van der Waals surface area contributed by atoms with Crippen LogP contribution in [0.2, 0.25) is 0 Å². The molecule has 0 unspecified atom stereocenters. The number of carboxylic acid groups (broad SMARTS) is 3. The Labute approximate surface area is 96.7 Å². The van der Waals surface area contributed by atoms with Crippen molar-refractivity contribution >= 4 is 64.9 Å². The smallest absolute Gasteiger partial charge is 1.00 e. The average Bonchev–Trinajstić information content (AvgIpc) is 1.70. The minimum absolute atomic E-state index is 0. The fraction of sp³-hybridized carbons (Fsp3) is 0. The van der Waals surface area contributed by atoms with E-state index in [1.54, 1.807) is 0 Å². The van der Waals surface area contributed by atoms with E-state index < -0.39 is 0 Å². The van der Waals surface area contributed by atoms with Crippen molar-refractivity contribution in [2.75, 3.05) is 0 Å². The summed E-state index contributed by atoms with van der Waals surface area (Å²) in [6.45, 7) is -0.750. The molecular weight excluding hydrogens is 220 g/mol. The fourth-order valence-electron chi connectivity index (χ4n) is 0. The Balaban J connectivity index is -0.00000001000. The van der Waals surface area contributed by atoms with Crippen LogP contribution in [0.1, 0.15) is 2.85 Å². The molecule has 0 spiro atoms. The van der Waals surface area contributed by atoms with Crippen LogP contribution in [-0.4, -0.2) is 80.2 Å². The molecule has 6 nitrogen and oxygen atoms in total. The van der Waals surface area contributed by atoms with Gasteiger partial charge in [0.1, 0.15) is 0 Å². The first-order valence-corrected chi connectivity index (χ1v) is 1.48. The molecule has 0 saturated carbocycles. The molecule has 0 aromatic heterocycles. The van der Waals surface area contributed by atoms with Crippen LogP contribution >= 0.6 is 0 Å². The second kappa shape index (κ2) is 66.3. The van der Waals surface area contributed by atoms with Crippen LogP contribution < -0.4 is 0 Å². The van der Waals surface area contributed by atoms with E-state index >= 15 is 0 Å². The molecular formula is C3H8O6Sr. The second-order valence-corrected chi connectivity index (χ2v) is 0.316. The maximum Gasteiger partial charge on any atom is 2.00 e. The SMILES string of the molecule is O=CO.O=CO.O=CO.[H-].[H-].[Sr+2]. The van der Waals surface area contributed by atoms with Crippen LogP contribution in [0.4, 0.5) is 0 Å². The molecule has 0 heterocycles. The zero-order valence-electron chi connectivity index (χ0n) is 7.01. The van der Waals surface area contributed by atoms with Gasteiger partial charge in [-0.25, -0.2) is 0 Å². The van der Waals surface area contributed by atoms with Crippen LogP contribution in [0.5, 0.6) is 0 Å². The summed E-state index contributed by atoms with van der Waals surface area (Å²) in [7, 11) is 0. The molecule has 7 heteroatoms. The van der Waals surface area contributed by atoms with Crippen molar-refractivity contribution in [3.63, 3.8) is 0 Å². The third-order valence-electron chi connectivity index (χ3n) is 0. The van der Waals surface area contributed by atoms with E-state index in [2.05, 4.69) is 0 Å². The van der Waals surface area contributed by atoms with Gasteiger partial charge in [0.2, 0.25) is 0 Å². The molecule has 0 atom stereocenters. The molecule has 0 amide bonds. The molecule has 0 radical (unpaired) electrons. The molecule has 10 heavy (non-hydrogen) atoms.